The molecular formula is C15H21NO2. The van der Waals surface area contributed by atoms with Crippen molar-refractivity contribution in [1.82, 2.24) is 4.90 Å². The first-order chi connectivity index (χ1) is 8.66. The van der Waals surface area contributed by atoms with Crippen molar-refractivity contribution >= 4 is 5.91 Å². The topological polar surface area (TPSA) is 29.5 Å². The molecule has 0 atom stereocenters. The molecule has 1 rings (SSSR count). The summed E-state index contributed by atoms with van der Waals surface area (Å²) in [7, 11) is 1.78. The molecule has 0 unspecified atom stereocenters. The molecule has 0 N–H and O–H groups in total. The van der Waals surface area contributed by atoms with Crippen molar-refractivity contribution in [2.75, 3.05) is 20.3 Å². The fourth-order valence-electron chi connectivity index (χ4n) is 1.48. The summed E-state index contributed by atoms with van der Waals surface area (Å²) in [5.74, 6) is -0.000147. The van der Waals surface area contributed by atoms with Gasteiger partial charge in [0.15, 0.2) is 0 Å². The van der Waals surface area contributed by atoms with Crippen LogP contribution in [0.1, 0.15) is 30.6 Å². The van der Waals surface area contributed by atoms with Crippen molar-refractivity contribution in [3.05, 3.63) is 47.7 Å². The predicted molar refractivity (Wildman–Crippen MR) is 73.4 cm³/mol. The van der Waals surface area contributed by atoms with E-state index in [1.54, 1.807) is 11.9 Å². The highest BCUT2D eigenvalue weighted by Gasteiger charge is 2.11. The number of amides is 1. The molecule has 0 saturated carbocycles. The average Bonchev–Trinajstić information content (AvgIpc) is 2.42. The van der Waals surface area contributed by atoms with E-state index in [-0.39, 0.29) is 5.91 Å². The number of rotatable bonds is 6. The monoisotopic (exact) mass is 247 g/mol. The number of allylic oxidation sites excluding steroid dienone is 1. The Hall–Kier alpha value is -1.61. The molecule has 0 bridgehead atoms. The number of hydrogen-bond acceptors (Lipinski definition) is 2. The van der Waals surface area contributed by atoms with Crippen LogP contribution in [0, 0.1) is 0 Å². The van der Waals surface area contributed by atoms with Gasteiger partial charge in [0.25, 0.3) is 5.91 Å². The molecule has 1 amide bonds. The van der Waals surface area contributed by atoms with E-state index >= 15 is 0 Å². The molecule has 0 fully saturated rings. The summed E-state index contributed by atoms with van der Waals surface area (Å²) in [5, 5.41) is 0. The Morgan fingerprint density at radius 1 is 1.33 bits per heavy atom. The standard InChI is InChI=1S/C15H21NO2/c1-4-11-18-12-10-13(2)16(3)15(17)14-8-6-5-7-9-14/h5-10H,4,11-12H2,1-3H3/b13-10-. The normalized spacial score (nSPS) is 11.4. The predicted octanol–water partition coefficient (Wildman–Crippen LogP) is 3.09. The van der Waals surface area contributed by atoms with Gasteiger partial charge in [-0.2, -0.15) is 0 Å². The highest BCUT2D eigenvalue weighted by molar-refractivity contribution is 5.95. The smallest absolute Gasteiger partial charge is 0.257 e. The van der Waals surface area contributed by atoms with Crippen LogP contribution < -0.4 is 0 Å². The van der Waals surface area contributed by atoms with Crippen LogP contribution in [0.5, 0.6) is 0 Å². The number of ether oxygens (including phenoxy) is 1. The maximum atomic E-state index is 12.1. The molecular weight excluding hydrogens is 226 g/mol. The third-order valence-corrected chi connectivity index (χ3v) is 2.70. The van der Waals surface area contributed by atoms with Crippen molar-refractivity contribution in [2.24, 2.45) is 0 Å². The molecule has 0 aromatic heterocycles. The molecule has 3 heteroatoms. The van der Waals surface area contributed by atoms with Gasteiger partial charge >= 0.3 is 0 Å². The van der Waals surface area contributed by atoms with Crippen LogP contribution in [0.3, 0.4) is 0 Å². The van der Waals surface area contributed by atoms with Gasteiger partial charge in [-0.15, -0.1) is 0 Å². The van der Waals surface area contributed by atoms with Gasteiger partial charge in [-0.05, 0) is 31.6 Å². The lowest BCUT2D eigenvalue weighted by atomic mass is 10.2. The lowest BCUT2D eigenvalue weighted by Crippen LogP contribution is -2.25. The zero-order valence-electron chi connectivity index (χ0n) is 11.3. The van der Waals surface area contributed by atoms with E-state index in [0.29, 0.717) is 12.2 Å². The minimum atomic E-state index is -0.000147. The van der Waals surface area contributed by atoms with Crippen molar-refractivity contribution in [2.45, 2.75) is 20.3 Å². The molecule has 3 nitrogen and oxygen atoms in total. The molecule has 98 valence electrons. The minimum Gasteiger partial charge on any atom is -0.377 e. The Morgan fingerprint density at radius 2 is 2.00 bits per heavy atom. The highest BCUT2D eigenvalue weighted by atomic mass is 16.5. The zero-order valence-corrected chi connectivity index (χ0v) is 11.3. The zero-order chi connectivity index (χ0) is 13.4. The highest BCUT2D eigenvalue weighted by Crippen LogP contribution is 2.08. The summed E-state index contributed by atoms with van der Waals surface area (Å²) in [5.41, 5.74) is 1.60. The van der Waals surface area contributed by atoms with Gasteiger partial charge in [-0.3, -0.25) is 4.79 Å². The van der Waals surface area contributed by atoms with Crippen LogP contribution in [-0.4, -0.2) is 31.1 Å². The molecule has 0 aliphatic rings. The maximum Gasteiger partial charge on any atom is 0.257 e. The summed E-state index contributed by atoms with van der Waals surface area (Å²) in [6.07, 6.45) is 2.93. The first-order valence-corrected chi connectivity index (χ1v) is 6.24. The second kappa shape index (κ2) is 7.67. The maximum absolute atomic E-state index is 12.1. The Kier molecular flexibility index (Phi) is 6.15. The van der Waals surface area contributed by atoms with Gasteiger partial charge < -0.3 is 9.64 Å². The van der Waals surface area contributed by atoms with Crippen LogP contribution in [-0.2, 0) is 4.74 Å². The van der Waals surface area contributed by atoms with E-state index in [9.17, 15) is 4.79 Å². The van der Waals surface area contributed by atoms with Crippen molar-refractivity contribution < 1.29 is 9.53 Å². The Morgan fingerprint density at radius 3 is 2.61 bits per heavy atom. The minimum absolute atomic E-state index is 0.000147. The first-order valence-electron chi connectivity index (χ1n) is 6.24. The summed E-state index contributed by atoms with van der Waals surface area (Å²) in [6, 6.07) is 9.27. The molecule has 0 heterocycles. The van der Waals surface area contributed by atoms with E-state index in [4.69, 9.17) is 4.74 Å². The molecule has 0 spiro atoms. The molecule has 1 aromatic rings. The van der Waals surface area contributed by atoms with E-state index < -0.39 is 0 Å². The van der Waals surface area contributed by atoms with E-state index in [1.807, 2.05) is 43.3 Å². The molecule has 0 radical (unpaired) electrons. The summed E-state index contributed by atoms with van der Waals surface area (Å²) < 4.78 is 5.37. The van der Waals surface area contributed by atoms with Crippen molar-refractivity contribution in [1.29, 1.82) is 0 Å². The molecule has 0 aliphatic heterocycles. The lowest BCUT2D eigenvalue weighted by molar-refractivity contribution is 0.0834. The van der Waals surface area contributed by atoms with Crippen LogP contribution in [0.2, 0.25) is 0 Å². The number of nitrogens with zero attached hydrogens (tertiary/aromatic N) is 1. The second-order valence-electron chi connectivity index (χ2n) is 4.15. The van der Waals surface area contributed by atoms with Gasteiger partial charge in [-0.1, -0.05) is 25.1 Å². The third kappa shape index (κ3) is 4.34. The van der Waals surface area contributed by atoms with Crippen LogP contribution in [0.25, 0.3) is 0 Å². The van der Waals surface area contributed by atoms with Crippen molar-refractivity contribution in [3.8, 4) is 0 Å². The molecule has 0 aliphatic carbocycles. The molecule has 0 saturated heterocycles. The second-order valence-corrected chi connectivity index (χ2v) is 4.15. The number of carbonyl (C=O) groups is 1. The number of hydrogen-bond donors (Lipinski definition) is 0. The fourth-order valence-corrected chi connectivity index (χ4v) is 1.48. The van der Waals surface area contributed by atoms with E-state index in [1.165, 1.54) is 0 Å². The van der Waals surface area contributed by atoms with Gasteiger partial charge in [-0.25, -0.2) is 0 Å². The lowest BCUT2D eigenvalue weighted by Gasteiger charge is -2.18. The van der Waals surface area contributed by atoms with Crippen molar-refractivity contribution in [3.63, 3.8) is 0 Å². The first kappa shape index (κ1) is 14.5. The Labute approximate surface area is 109 Å². The van der Waals surface area contributed by atoms with Gasteiger partial charge in [0.1, 0.15) is 0 Å². The van der Waals surface area contributed by atoms with E-state index in [2.05, 4.69) is 6.92 Å². The fraction of sp³-hybridized carbons (Fsp3) is 0.400. The third-order valence-electron chi connectivity index (χ3n) is 2.70. The van der Waals surface area contributed by atoms with Gasteiger partial charge in [0.05, 0.1) is 6.61 Å². The van der Waals surface area contributed by atoms with Crippen LogP contribution >= 0.6 is 0 Å². The largest absolute Gasteiger partial charge is 0.377 e. The van der Waals surface area contributed by atoms with E-state index in [0.717, 1.165) is 18.7 Å². The molecule has 1 aromatic carbocycles. The summed E-state index contributed by atoms with van der Waals surface area (Å²) in [6.45, 7) is 5.28. The average molecular weight is 247 g/mol. The number of carbonyl (C=O) groups excluding carboxylic acids is 1. The number of benzene rings is 1. The quantitative estimate of drug-likeness (QED) is 0.723. The molecule has 18 heavy (non-hydrogen) atoms. The van der Waals surface area contributed by atoms with Gasteiger partial charge in [0.2, 0.25) is 0 Å². The SMILES string of the molecule is CCCOC/C=C(/C)N(C)C(=O)c1ccccc1. The van der Waals surface area contributed by atoms with Crippen LogP contribution in [0.15, 0.2) is 42.1 Å². The summed E-state index contributed by atoms with van der Waals surface area (Å²) in [4.78, 5) is 13.8. The Balaban J connectivity index is 2.58. The summed E-state index contributed by atoms with van der Waals surface area (Å²) >= 11 is 0. The van der Waals surface area contributed by atoms with Crippen LogP contribution in [0.4, 0.5) is 0 Å². The van der Waals surface area contributed by atoms with Gasteiger partial charge in [0, 0.05) is 24.9 Å². The Bertz CT molecular complexity index is 398.